The number of carbonyl (C=O) groups excluding carboxylic acids is 1. The van der Waals surface area contributed by atoms with E-state index in [4.69, 9.17) is 4.74 Å². The van der Waals surface area contributed by atoms with Gasteiger partial charge in [-0.3, -0.25) is 4.79 Å². The van der Waals surface area contributed by atoms with Crippen molar-refractivity contribution in [3.8, 4) is 5.75 Å². The quantitative estimate of drug-likeness (QED) is 0.910. The van der Waals surface area contributed by atoms with Crippen LogP contribution >= 0.6 is 0 Å². The minimum Gasteiger partial charge on any atom is -0.493 e. The minimum absolute atomic E-state index is 0.0201. The van der Waals surface area contributed by atoms with Crippen molar-refractivity contribution < 1.29 is 9.53 Å². The van der Waals surface area contributed by atoms with Crippen molar-refractivity contribution in [2.24, 2.45) is 5.92 Å². The van der Waals surface area contributed by atoms with Gasteiger partial charge in [-0.2, -0.15) is 0 Å². The molecule has 1 saturated heterocycles. The standard InChI is InChI=1S/C16H22N2O2/c1-17-10-12-6-8-18(11-12)16(19)14-7-9-20-15-5-3-2-4-13(14)15/h2-5,12,14,17H,6-11H2,1H3/t12-,14-/m1/s1. The fraction of sp³-hybridized carbons (Fsp3) is 0.562. The predicted molar refractivity (Wildman–Crippen MR) is 77.9 cm³/mol. The second-order valence-electron chi connectivity index (χ2n) is 5.72. The van der Waals surface area contributed by atoms with Gasteiger partial charge in [-0.15, -0.1) is 0 Å². The molecule has 108 valence electrons. The number of carbonyl (C=O) groups is 1. The Kier molecular flexibility index (Phi) is 3.92. The van der Waals surface area contributed by atoms with Gasteiger partial charge in [0.1, 0.15) is 5.75 Å². The van der Waals surface area contributed by atoms with Gasteiger partial charge in [0.25, 0.3) is 0 Å². The summed E-state index contributed by atoms with van der Waals surface area (Å²) in [6.45, 7) is 3.42. The Hall–Kier alpha value is -1.55. The Bertz CT molecular complexity index is 489. The van der Waals surface area contributed by atoms with Crippen molar-refractivity contribution in [1.29, 1.82) is 0 Å². The first-order valence-electron chi connectivity index (χ1n) is 7.44. The van der Waals surface area contributed by atoms with Crippen molar-refractivity contribution in [2.45, 2.75) is 18.8 Å². The number of para-hydroxylation sites is 1. The Morgan fingerprint density at radius 2 is 2.25 bits per heavy atom. The summed E-state index contributed by atoms with van der Waals surface area (Å²) < 4.78 is 5.65. The average Bonchev–Trinajstić information content (AvgIpc) is 2.95. The lowest BCUT2D eigenvalue weighted by molar-refractivity contribution is -0.132. The van der Waals surface area contributed by atoms with E-state index in [0.717, 1.165) is 43.8 Å². The van der Waals surface area contributed by atoms with E-state index in [9.17, 15) is 4.79 Å². The average molecular weight is 274 g/mol. The summed E-state index contributed by atoms with van der Waals surface area (Å²) in [5.74, 6) is 1.73. The molecule has 0 unspecified atom stereocenters. The topological polar surface area (TPSA) is 41.6 Å². The van der Waals surface area contributed by atoms with E-state index in [1.54, 1.807) is 0 Å². The first-order chi connectivity index (χ1) is 9.79. The molecule has 0 aliphatic carbocycles. The maximum atomic E-state index is 12.8. The normalized spacial score (nSPS) is 25.1. The highest BCUT2D eigenvalue weighted by Crippen LogP contribution is 2.35. The number of benzene rings is 1. The maximum absolute atomic E-state index is 12.8. The zero-order valence-corrected chi connectivity index (χ0v) is 12.0. The molecule has 1 aromatic rings. The Balaban J connectivity index is 1.73. The minimum atomic E-state index is -0.0201. The molecule has 2 aliphatic rings. The molecule has 0 radical (unpaired) electrons. The van der Waals surface area contributed by atoms with E-state index < -0.39 is 0 Å². The summed E-state index contributed by atoms with van der Waals surface area (Å²) in [6.07, 6.45) is 1.90. The van der Waals surface area contributed by atoms with Crippen LogP contribution in [0.15, 0.2) is 24.3 Å². The largest absolute Gasteiger partial charge is 0.493 e. The fourth-order valence-electron chi connectivity index (χ4n) is 3.31. The molecule has 1 fully saturated rings. The summed E-state index contributed by atoms with van der Waals surface area (Å²) in [5, 5.41) is 3.21. The molecule has 0 saturated carbocycles. The molecule has 1 N–H and O–H groups in total. The molecule has 2 heterocycles. The van der Waals surface area contributed by atoms with Crippen LogP contribution in [0.1, 0.15) is 24.3 Å². The summed E-state index contributed by atoms with van der Waals surface area (Å²) in [5.41, 5.74) is 1.06. The maximum Gasteiger partial charge on any atom is 0.230 e. The molecule has 1 amide bonds. The van der Waals surface area contributed by atoms with Gasteiger partial charge in [0.15, 0.2) is 0 Å². The number of nitrogens with zero attached hydrogens (tertiary/aromatic N) is 1. The highest BCUT2D eigenvalue weighted by atomic mass is 16.5. The van der Waals surface area contributed by atoms with Gasteiger partial charge in [0.2, 0.25) is 5.91 Å². The second-order valence-corrected chi connectivity index (χ2v) is 5.72. The number of rotatable bonds is 3. The molecule has 20 heavy (non-hydrogen) atoms. The van der Waals surface area contributed by atoms with Gasteiger partial charge in [0, 0.05) is 18.7 Å². The molecule has 0 bridgehead atoms. The van der Waals surface area contributed by atoms with Gasteiger partial charge in [-0.05, 0) is 38.4 Å². The van der Waals surface area contributed by atoms with Gasteiger partial charge in [0.05, 0.1) is 12.5 Å². The Morgan fingerprint density at radius 3 is 3.10 bits per heavy atom. The van der Waals surface area contributed by atoms with Crippen LogP contribution in [0.3, 0.4) is 0 Å². The highest BCUT2D eigenvalue weighted by molar-refractivity contribution is 5.85. The number of likely N-dealkylation sites (tertiary alicyclic amines) is 1. The van der Waals surface area contributed by atoms with Crippen LogP contribution < -0.4 is 10.1 Å². The van der Waals surface area contributed by atoms with Gasteiger partial charge < -0.3 is 15.0 Å². The number of amides is 1. The summed E-state index contributed by atoms with van der Waals surface area (Å²) >= 11 is 0. The molecule has 2 atom stereocenters. The van der Waals surface area contributed by atoms with Crippen LogP contribution in [0, 0.1) is 5.92 Å². The first-order valence-corrected chi connectivity index (χ1v) is 7.44. The summed E-state index contributed by atoms with van der Waals surface area (Å²) in [4.78, 5) is 14.8. The van der Waals surface area contributed by atoms with Crippen molar-refractivity contribution in [1.82, 2.24) is 10.2 Å². The number of fused-ring (bicyclic) bond motifs is 1. The fourth-order valence-corrected chi connectivity index (χ4v) is 3.31. The number of nitrogens with one attached hydrogen (secondary N) is 1. The Morgan fingerprint density at radius 1 is 1.40 bits per heavy atom. The number of hydrogen-bond acceptors (Lipinski definition) is 3. The number of ether oxygens (including phenoxy) is 1. The van der Waals surface area contributed by atoms with Gasteiger partial charge in [-0.25, -0.2) is 0 Å². The van der Waals surface area contributed by atoms with Crippen molar-refractivity contribution in [2.75, 3.05) is 33.3 Å². The van der Waals surface area contributed by atoms with E-state index in [-0.39, 0.29) is 11.8 Å². The third kappa shape index (κ3) is 2.52. The van der Waals surface area contributed by atoms with E-state index in [2.05, 4.69) is 5.32 Å². The molecule has 4 heteroatoms. The van der Waals surface area contributed by atoms with Gasteiger partial charge in [-0.1, -0.05) is 18.2 Å². The zero-order valence-electron chi connectivity index (χ0n) is 12.0. The van der Waals surface area contributed by atoms with Crippen LogP contribution in [0.4, 0.5) is 0 Å². The van der Waals surface area contributed by atoms with Crippen molar-refractivity contribution in [3.05, 3.63) is 29.8 Å². The Labute approximate surface area is 120 Å². The molecule has 1 aromatic carbocycles. The lowest BCUT2D eigenvalue weighted by Gasteiger charge is -2.28. The van der Waals surface area contributed by atoms with E-state index in [0.29, 0.717) is 12.5 Å². The first kappa shape index (κ1) is 13.4. The van der Waals surface area contributed by atoms with Crippen LogP contribution in [0.2, 0.25) is 0 Å². The van der Waals surface area contributed by atoms with Crippen LogP contribution in [-0.2, 0) is 4.79 Å². The smallest absolute Gasteiger partial charge is 0.230 e. The summed E-state index contributed by atoms with van der Waals surface area (Å²) in [6, 6.07) is 7.94. The van der Waals surface area contributed by atoms with Crippen molar-refractivity contribution in [3.63, 3.8) is 0 Å². The lowest BCUT2D eigenvalue weighted by Crippen LogP contribution is -2.36. The molecule has 3 rings (SSSR count). The molecule has 0 aromatic heterocycles. The molecule has 0 spiro atoms. The molecule has 4 nitrogen and oxygen atoms in total. The third-order valence-corrected chi connectivity index (χ3v) is 4.35. The molecular weight excluding hydrogens is 252 g/mol. The van der Waals surface area contributed by atoms with Crippen LogP contribution in [0.5, 0.6) is 5.75 Å². The zero-order chi connectivity index (χ0) is 13.9. The van der Waals surface area contributed by atoms with E-state index in [1.807, 2.05) is 36.2 Å². The van der Waals surface area contributed by atoms with Crippen LogP contribution in [0.25, 0.3) is 0 Å². The van der Waals surface area contributed by atoms with Crippen molar-refractivity contribution >= 4 is 5.91 Å². The number of hydrogen-bond donors (Lipinski definition) is 1. The molecule has 2 aliphatic heterocycles. The second kappa shape index (κ2) is 5.83. The third-order valence-electron chi connectivity index (χ3n) is 4.35. The van der Waals surface area contributed by atoms with E-state index in [1.165, 1.54) is 0 Å². The van der Waals surface area contributed by atoms with Crippen LogP contribution in [-0.4, -0.2) is 44.1 Å². The molecular formula is C16H22N2O2. The monoisotopic (exact) mass is 274 g/mol. The summed E-state index contributed by atoms with van der Waals surface area (Å²) in [7, 11) is 1.97. The lowest BCUT2D eigenvalue weighted by atomic mass is 9.92. The van der Waals surface area contributed by atoms with Gasteiger partial charge >= 0.3 is 0 Å². The SMILES string of the molecule is CNC[C@H]1CCN(C(=O)[C@@H]2CCOc3ccccc32)C1. The highest BCUT2D eigenvalue weighted by Gasteiger charge is 2.34. The predicted octanol–water partition coefficient (Wildman–Crippen LogP) is 1.62. The van der Waals surface area contributed by atoms with E-state index >= 15 is 0 Å².